The van der Waals surface area contributed by atoms with Crippen molar-refractivity contribution in [2.24, 2.45) is 0 Å². The van der Waals surface area contributed by atoms with Gasteiger partial charge in [0.05, 0.1) is 24.0 Å². The quantitative estimate of drug-likeness (QED) is 0.484. The van der Waals surface area contributed by atoms with Crippen molar-refractivity contribution < 1.29 is 24.0 Å². The van der Waals surface area contributed by atoms with Crippen molar-refractivity contribution in [2.45, 2.75) is 32.8 Å². The molecule has 0 saturated heterocycles. The van der Waals surface area contributed by atoms with Crippen LogP contribution in [0.3, 0.4) is 0 Å². The molecule has 0 N–H and O–H groups in total. The summed E-state index contributed by atoms with van der Waals surface area (Å²) in [6, 6.07) is 4.08. The van der Waals surface area contributed by atoms with Gasteiger partial charge in [-0.2, -0.15) is 0 Å². The van der Waals surface area contributed by atoms with Gasteiger partial charge >= 0.3 is 12.1 Å². The maximum Gasteiger partial charge on any atom is 0.419 e. The molecule has 0 unspecified atom stereocenters. The molecule has 1 aromatic heterocycles. The molecule has 0 radical (unpaired) electrons. The van der Waals surface area contributed by atoms with Gasteiger partial charge in [0.2, 0.25) is 0 Å². The van der Waals surface area contributed by atoms with E-state index in [0.717, 1.165) is 0 Å². The zero-order valence-corrected chi connectivity index (χ0v) is 13.9. The van der Waals surface area contributed by atoms with Crippen molar-refractivity contribution >= 4 is 28.7 Å². The molecule has 0 atom stereocenters. The predicted molar refractivity (Wildman–Crippen MR) is 85.9 cm³/mol. The minimum absolute atomic E-state index is 0.107. The second-order valence-corrected chi connectivity index (χ2v) is 6.22. The van der Waals surface area contributed by atoms with Crippen LogP contribution in [0.1, 0.15) is 26.3 Å². The number of carbonyl (C=O) groups is 2. The third kappa shape index (κ3) is 3.70. The predicted octanol–water partition coefficient (Wildman–Crippen LogP) is 3.05. The Morgan fingerprint density at radius 3 is 2.58 bits per heavy atom. The van der Waals surface area contributed by atoms with Crippen molar-refractivity contribution in [3.63, 3.8) is 0 Å². The van der Waals surface area contributed by atoms with E-state index in [2.05, 4.69) is 4.74 Å². The van der Waals surface area contributed by atoms with E-state index in [1.165, 1.54) is 36.1 Å². The number of methoxy groups -OCH3 is 1. The first-order chi connectivity index (χ1) is 11.1. The van der Waals surface area contributed by atoms with Crippen molar-refractivity contribution in [1.82, 2.24) is 4.57 Å². The third-order valence-corrected chi connectivity index (χ3v) is 3.23. The van der Waals surface area contributed by atoms with Gasteiger partial charge < -0.3 is 9.47 Å². The molecule has 0 aliphatic carbocycles. The molecule has 0 spiro atoms. The van der Waals surface area contributed by atoms with Crippen molar-refractivity contribution in [3.05, 3.63) is 40.1 Å². The molecule has 8 heteroatoms. The van der Waals surface area contributed by atoms with Gasteiger partial charge in [-0.3, -0.25) is 19.5 Å². The topological polar surface area (TPSA) is 101 Å². The Bertz CT molecular complexity index is 816. The smallest absolute Gasteiger partial charge is 0.419 e. The van der Waals surface area contributed by atoms with Crippen LogP contribution in [0.2, 0.25) is 0 Å². The first-order valence-corrected chi connectivity index (χ1v) is 7.21. The van der Waals surface area contributed by atoms with Crippen LogP contribution in [0.15, 0.2) is 24.4 Å². The summed E-state index contributed by atoms with van der Waals surface area (Å²) in [5.41, 5.74) is 0.0486. The first kappa shape index (κ1) is 17.5. The molecule has 0 fully saturated rings. The fourth-order valence-electron chi connectivity index (χ4n) is 2.23. The Labute approximate surface area is 138 Å². The summed E-state index contributed by atoms with van der Waals surface area (Å²) in [4.78, 5) is 34.4. The second-order valence-electron chi connectivity index (χ2n) is 6.22. The normalized spacial score (nSPS) is 11.3. The Hall–Kier alpha value is -2.90. The van der Waals surface area contributed by atoms with Crippen LogP contribution in [-0.2, 0) is 20.7 Å². The molecule has 1 heterocycles. The summed E-state index contributed by atoms with van der Waals surface area (Å²) in [6.07, 6.45) is 0.709. The van der Waals surface area contributed by atoms with Gasteiger partial charge in [-0.25, -0.2) is 4.79 Å². The van der Waals surface area contributed by atoms with E-state index in [1.807, 2.05) is 0 Å². The molecule has 128 valence electrons. The number of ether oxygens (including phenoxy) is 2. The van der Waals surface area contributed by atoms with Crippen LogP contribution in [-0.4, -0.2) is 34.3 Å². The summed E-state index contributed by atoms with van der Waals surface area (Å²) in [6.45, 7) is 5.20. The largest absolute Gasteiger partial charge is 0.469 e. The Morgan fingerprint density at radius 1 is 1.38 bits per heavy atom. The highest BCUT2D eigenvalue weighted by molar-refractivity contribution is 5.95. The number of hydrogen-bond acceptors (Lipinski definition) is 6. The van der Waals surface area contributed by atoms with Gasteiger partial charge in [0, 0.05) is 23.7 Å². The number of benzene rings is 1. The number of fused-ring (bicyclic) bond motifs is 1. The number of nitro benzene ring substituents is 1. The molecule has 0 saturated carbocycles. The molecule has 2 aromatic rings. The van der Waals surface area contributed by atoms with Gasteiger partial charge in [0.1, 0.15) is 5.60 Å². The first-order valence-electron chi connectivity index (χ1n) is 7.21. The van der Waals surface area contributed by atoms with Gasteiger partial charge in [-0.15, -0.1) is 0 Å². The lowest BCUT2D eigenvalue weighted by Gasteiger charge is -2.19. The molecule has 0 aliphatic heterocycles. The minimum Gasteiger partial charge on any atom is -0.469 e. The fourth-order valence-corrected chi connectivity index (χ4v) is 2.23. The van der Waals surface area contributed by atoms with E-state index in [1.54, 1.807) is 20.8 Å². The lowest BCUT2D eigenvalue weighted by atomic mass is 10.2. The summed E-state index contributed by atoms with van der Waals surface area (Å²) < 4.78 is 11.2. The number of aromatic nitrogens is 1. The number of carbonyl (C=O) groups excluding carboxylic acids is 2. The maximum absolute atomic E-state index is 12.4. The van der Waals surface area contributed by atoms with E-state index in [-0.39, 0.29) is 12.1 Å². The van der Waals surface area contributed by atoms with Gasteiger partial charge in [0.25, 0.3) is 5.69 Å². The number of esters is 1. The second kappa shape index (κ2) is 6.31. The van der Waals surface area contributed by atoms with Crippen LogP contribution < -0.4 is 0 Å². The van der Waals surface area contributed by atoms with Crippen LogP contribution in [0.5, 0.6) is 0 Å². The number of hydrogen-bond donors (Lipinski definition) is 0. The highest BCUT2D eigenvalue weighted by Crippen LogP contribution is 2.27. The fraction of sp³-hybridized carbons (Fsp3) is 0.375. The van der Waals surface area contributed by atoms with Gasteiger partial charge in [0.15, 0.2) is 0 Å². The van der Waals surface area contributed by atoms with E-state index >= 15 is 0 Å². The Balaban J connectivity index is 2.58. The summed E-state index contributed by atoms with van der Waals surface area (Å²) in [5.74, 6) is -0.509. The molecular weight excluding hydrogens is 320 g/mol. The van der Waals surface area contributed by atoms with E-state index in [0.29, 0.717) is 16.5 Å². The zero-order valence-electron chi connectivity index (χ0n) is 13.9. The lowest BCUT2D eigenvalue weighted by Crippen LogP contribution is -2.26. The van der Waals surface area contributed by atoms with Crippen molar-refractivity contribution in [1.29, 1.82) is 0 Å². The van der Waals surface area contributed by atoms with Crippen LogP contribution >= 0.6 is 0 Å². The number of non-ortho nitro benzene ring substituents is 1. The molecule has 8 nitrogen and oxygen atoms in total. The standard InChI is InChI=1S/C16H18N2O6/c1-16(2,3)24-15(20)17-9-10(7-14(19)23-4)12-8-11(18(21)22)5-6-13(12)17/h5-6,8-9H,7H2,1-4H3/i9+2,10+2. The number of nitrogens with zero attached hydrogens (tertiary/aromatic N) is 2. The SMILES string of the molecule is COC(=O)C[14c]1[14cH]n(C(=O)OC(C)(C)C)c2ccc([N+](=O)[O-])cc21. The zero-order chi connectivity index (χ0) is 18.1. The van der Waals surface area contributed by atoms with Gasteiger partial charge in [-0.1, -0.05) is 0 Å². The van der Waals surface area contributed by atoms with Crippen LogP contribution in [0.4, 0.5) is 10.5 Å². The molecule has 2 rings (SSSR count). The van der Waals surface area contributed by atoms with E-state index < -0.39 is 22.6 Å². The number of rotatable bonds is 3. The lowest BCUT2D eigenvalue weighted by molar-refractivity contribution is -0.384. The molecule has 0 bridgehead atoms. The maximum atomic E-state index is 12.4. The molecule has 1 aromatic carbocycles. The van der Waals surface area contributed by atoms with Crippen LogP contribution in [0, 0.1) is 10.1 Å². The van der Waals surface area contributed by atoms with Crippen molar-refractivity contribution in [3.8, 4) is 0 Å². The summed E-state index contributed by atoms with van der Waals surface area (Å²) in [5, 5.41) is 11.4. The monoisotopic (exact) mass is 338 g/mol. The Kier molecular flexibility index (Phi) is 4.59. The van der Waals surface area contributed by atoms with E-state index in [9.17, 15) is 19.7 Å². The minimum atomic E-state index is -0.697. The third-order valence-electron chi connectivity index (χ3n) is 3.23. The Morgan fingerprint density at radius 2 is 2.04 bits per heavy atom. The average Bonchev–Trinajstić information content (AvgIpc) is 2.83. The summed E-state index contributed by atoms with van der Waals surface area (Å²) >= 11 is 0. The highest BCUT2D eigenvalue weighted by Gasteiger charge is 2.22. The molecule has 0 aliphatic rings. The molecule has 0 amide bonds. The highest BCUT2D eigenvalue weighted by atomic mass is 16.6. The summed E-state index contributed by atoms with van der Waals surface area (Å²) in [7, 11) is 1.25. The molecular formula is C16H18N2O6. The van der Waals surface area contributed by atoms with Crippen molar-refractivity contribution in [2.75, 3.05) is 7.11 Å². The number of nitro groups is 1. The van der Waals surface area contributed by atoms with Gasteiger partial charge in [-0.05, 0) is 32.4 Å². The average molecular weight is 338 g/mol. The van der Waals surface area contributed by atoms with E-state index in [4.69, 9.17) is 4.74 Å². The van der Waals surface area contributed by atoms with Crippen LogP contribution in [0.25, 0.3) is 10.9 Å². The molecule has 24 heavy (non-hydrogen) atoms.